The van der Waals surface area contributed by atoms with Gasteiger partial charge in [0.1, 0.15) is 0 Å². The van der Waals surface area contributed by atoms with Gasteiger partial charge in [0.2, 0.25) is 0 Å². The normalized spacial score (nSPS) is 49.0. The smallest absolute Gasteiger partial charge is 0.0577 e. The fourth-order valence-corrected chi connectivity index (χ4v) is 8.02. The standard InChI is InChI=1S/C24H41NO/c1-5-14-25-16(2)20-8-9-21-19-7-6-17-15-18(26)10-12-23(17,3)22(19)11-13-24(20,21)4/h6,16,18-22,25-26H,5,7-15H2,1-4H3/t16-,18-,19-,20+,21-,22-,23-,24+/m0/s1. The number of aliphatic hydroxyl groups excluding tert-OH is 1. The van der Waals surface area contributed by atoms with Crippen LogP contribution >= 0.6 is 0 Å². The zero-order valence-corrected chi connectivity index (χ0v) is 17.6. The van der Waals surface area contributed by atoms with Crippen LogP contribution in [0.1, 0.15) is 85.5 Å². The van der Waals surface area contributed by atoms with Crippen molar-refractivity contribution in [1.29, 1.82) is 0 Å². The molecule has 2 nitrogen and oxygen atoms in total. The topological polar surface area (TPSA) is 32.3 Å². The van der Waals surface area contributed by atoms with E-state index in [1.807, 2.05) is 0 Å². The van der Waals surface area contributed by atoms with E-state index in [1.165, 1.54) is 44.9 Å². The van der Waals surface area contributed by atoms with Crippen LogP contribution in [0.5, 0.6) is 0 Å². The molecule has 0 heterocycles. The molecule has 8 atom stereocenters. The molecule has 26 heavy (non-hydrogen) atoms. The summed E-state index contributed by atoms with van der Waals surface area (Å²) in [5.41, 5.74) is 2.53. The number of hydrogen-bond donors (Lipinski definition) is 2. The van der Waals surface area contributed by atoms with Gasteiger partial charge >= 0.3 is 0 Å². The first-order valence-electron chi connectivity index (χ1n) is 11.5. The molecule has 0 aromatic carbocycles. The minimum atomic E-state index is -0.0823. The lowest BCUT2D eigenvalue weighted by atomic mass is 9.47. The summed E-state index contributed by atoms with van der Waals surface area (Å²) in [6.45, 7) is 11.1. The van der Waals surface area contributed by atoms with E-state index in [9.17, 15) is 5.11 Å². The Morgan fingerprint density at radius 3 is 2.73 bits per heavy atom. The third-order valence-corrected chi connectivity index (χ3v) is 9.47. The SMILES string of the molecule is CCCN[C@@H](C)[C@H]1CC[C@H]2[C@@H]3CC=C4C[C@@H](O)CC[C@]4(C)[C@H]3CC[C@]12C. The molecule has 0 amide bonds. The predicted molar refractivity (Wildman–Crippen MR) is 109 cm³/mol. The largest absolute Gasteiger partial charge is 0.393 e. The summed E-state index contributed by atoms with van der Waals surface area (Å²) in [6, 6.07) is 0.664. The summed E-state index contributed by atoms with van der Waals surface area (Å²) >= 11 is 0. The molecule has 0 radical (unpaired) electrons. The van der Waals surface area contributed by atoms with Gasteiger partial charge in [0.25, 0.3) is 0 Å². The number of allylic oxidation sites excluding steroid dienone is 1. The average Bonchev–Trinajstić information content (AvgIpc) is 2.97. The van der Waals surface area contributed by atoms with Crippen molar-refractivity contribution in [2.24, 2.45) is 34.5 Å². The van der Waals surface area contributed by atoms with E-state index in [1.54, 1.807) is 5.57 Å². The number of hydrogen-bond acceptors (Lipinski definition) is 2. The van der Waals surface area contributed by atoms with Gasteiger partial charge in [0.05, 0.1) is 6.10 Å². The van der Waals surface area contributed by atoms with Crippen molar-refractivity contribution in [3.63, 3.8) is 0 Å². The van der Waals surface area contributed by atoms with Gasteiger partial charge in [0, 0.05) is 6.04 Å². The molecule has 2 N–H and O–H groups in total. The van der Waals surface area contributed by atoms with E-state index >= 15 is 0 Å². The van der Waals surface area contributed by atoms with Gasteiger partial charge in [-0.3, -0.25) is 0 Å². The molecular formula is C24H41NO. The highest BCUT2D eigenvalue weighted by Gasteiger charge is 2.59. The minimum absolute atomic E-state index is 0.0823. The first-order chi connectivity index (χ1) is 12.4. The lowest BCUT2D eigenvalue weighted by Gasteiger charge is -2.58. The van der Waals surface area contributed by atoms with E-state index in [-0.39, 0.29) is 6.10 Å². The molecule has 3 fully saturated rings. The van der Waals surface area contributed by atoms with Crippen LogP contribution in [0.3, 0.4) is 0 Å². The van der Waals surface area contributed by atoms with Crippen LogP contribution in [0, 0.1) is 34.5 Å². The van der Waals surface area contributed by atoms with E-state index in [0.29, 0.717) is 16.9 Å². The molecule has 3 saturated carbocycles. The van der Waals surface area contributed by atoms with Gasteiger partial charge in [-0.15, -0.1) is 0 Å². The highest BCUT2D eigenvalue weighted by Crippen LogP contribution is 2.66. The van der Waals surface area contributed by atoms with Crippen molar-refractivity contribution >= 4 is 0 Å². The Kier molecular flexibility index (Phi) is 5.06. The van der Waals surface area contributed by atoms with Crippen LogP contribution in [0.4, 0.5) is 0 Å². The molecule has 0 saturated heterocycles. The van der Waals surface area contributed by atoms with Crippen LogP contribution < -0.4 is 5.32 Å². The van der Waals surface area contributed by atoms with Gasteiger partial charge in [-0.1, -0.05) is 32.4 Å². The average molecular weight is 360 g/mol. The van der Waals surface area contributed by atoms with Crippen LogP contribution in [0.2, 0.25) is 0 Å². The maximum Gasteiger partial charge on any atom is 0.0577 e. The molecule has 4 rings (SSSR count). The maximum absolute atomic E-state index is 10.2. The summed E-state index contributed by atoms with van der Waals surface area (Å²) in [5, 5.41) is 14.0. The third-order valence-electron chi connectivity index (χ3n) is 9.47. The quantitative estimate of drug-likeness (QED) is 0.666. The Bertz CT molecular complexity index is 556. The van der Waals surface area contributed by atoms with Crippen LogP contribution in [-0.2, 0) is 0 Å². The molecule has 0 bridgehead atoms. The molecular weight excluding hydrogens is 318 g/mol. The van der Waals surface area contributed by atoms with E-state index in [0.717, 1.165) is 43.1 Å². The number of aliphatic hydroxyl groups is 1. The fraction of sp³-hybridized carbons (Fsp3) is 0.917. The molecule has 4 aliphatic carbocycles. The van der Waals surface area contributed by atoms with Gasteiger partial charge in [-0.2, -0.15) is 0 Å². The first-order valence-corrected chi connectivity index (χ1v) is 11.5. The monoisotopic (exact) mass is 359 g/mol. The fourth-order valence-electron chi connectivity index (χ4n) is 8.02. The van der Waals surface area contributed by atoms with Crippen molar-refractivity contribution in [2.45, 2.75) is 97.6 Å². The highest BCUT2D eigenvalue weighted by molar-refractivity contribution is 5.25. The Morgan fingerprint density at radius 2 is 1.96 bits per heavy atom. The molecule has 0 spiro atoms. The van der Waals surface area contributed by atoms with Gasteiger partial charge < -0.3 is 10.4 Å². The number of nitrogens with one attached hydrogen (secondary N) is 1. The Balaban J connectivity index is 1.56. The zero-order valence-electron chi connectivity index (χ0n) is 17.6. The van der Waals surface area contributed by atoms with Crippen molar-refractivity contribution in [3.05, 3.63) is 11.6 Å². The Morgan fingerprint density at radius 1 is 1.15 bits per heavy atom. The molecule has 0 unspecified atom stereocenters. The number of fused-ring (bicyclic) bond motifs is 5. The van der Waals surface area contributed by atoms with Crippen molar-refractivity contribution in [1.82, 2.24) is 5.32 Å². The molecule has 0 aromatic heterocycles. The summed E-state index contributed by atoms with van der Waals surface area (Å²) in [7, 11) is 0. The van der Waals surface area contributed by atoms with Gasteiger partial charge in [-0.25, -0.2) is 0 Å². The van der Waals surface area contributed by atoms with Crippen LogP contribution in [0.15, 0.2) is 11.6 Å². The molecule has 2 heteroatoms. The Hall–Kier alpha value is -0.340. The van der Waals surface area contributed by atoms with Gasteiger partial charge in [0.15, 0.2) is 0 Å². The second kappa shape index (κ2) is 6.92. The zero-order chi connectivity index (χ0) is 18.5. The van der Waals surface area contributed by atoms with Crippen molar-refractivity contribution < 1.29 is 5.11 Å². The first kappa shape index (κ1) is 19.0. The van der Waals surface area contributed by atoms with E-state index < -0.39 is 0 Å². The maximum atomic E-state index is 10.2. The minimum Gasteiger partial charge on any atom is -0.393 e. The lowest BCUT2D eigenvalue weighted by molar-refractivity contribution is -0.0535. The molecule has 148 valence electrons. The summed E-state index contributed by atoms with van der Waals surface area (Å²) < 4.78 is 0. The molecule has 4 aliphatic rings. The van der Waals surface area contributed by atoms with Crippen molar-refractivity contribution in [2.75, 3.05) is 6.54 Å². The van der Waals surface area contributed by atoms with Crippen molar-refractivity contribution in [3.8, 4) is 0 Å². The number of rotatable bonds is 4. The highest BCUT2D eigenvalue weighted by atomic mass is 16.3. The van der Waals surface area contributed by atoms with E-state index in [4.69, 9.17) is 0 Å². The van der Waals surface area contributed by atoms with Crippen LogP contribution in [-0.4, -0.2) is 23.8 Å². The predicted octanol–water partition coefficient (Wildman–Crippen LogP) is 5.31. The summed E-state index contributed by atoms with van der Waals surface area (Å²) in [6.07, 6.45) is 13.9. The van der Waals surface area contributed by atoms with Crippen LogP contribution in [0.25, 0.3) is 0 Å². The molecule has 0 aliphatic heterocycles. The second-order valence-electron chi connectivity index (χ2n) is 10.6. The summed E-state index contributed by atoms with van der Waals surface area (Å²) in [5.74, 6) is 3.52. The van der Waals surface area contributed by atoms with E-state index in [2.05, 4.69) is 39.1 Å². The Labute approximate surface area is 161 Å². The third kappa shape index (κ3) is 2.82. The lowest BCUT2D eigenvalue weighted by Crippen LogP contribution is -2.52. The second-order valence-corrected chi connectivity index (χ2v) is 10.6. The van der Waals surface area contributed by atoms with Gasteiger partial charge in [-0.05, 0) is 106 Å². The summed E-state index contributed by atoms with van der Waals surface area (Å²) in [4.78, 5) is 0. The molecule has 0 aromatic rings.